The van der Waals surface area contributed by atoms with Gasteiger partial charge in [0.05, 0.1) is 11.6 Å². The second-order valence-corrected chi connectivity index (χ2v) is 7.59. The van der Waals surface area contributed by atoms with Crippen LogP contribution in [0.1, 0.15) is 58.1 Å². The Morgan fingerprint density at radius 3 is 2.39 bits per heavy atom. The highest BCUT2D eigenvalue weighted by molar-refractivity contribution is 5.95. The maximum absolute atomic E-state index is 13.3. The molecule has 150 valence electrons. The van der Waals surface area contributed by atoms with Crippen LogP contribution >= 0.6 is 0 Å². The van der Waals surface area contributed by atoms with Crippen LogP contribution in [0.5, 0.6) is 0 Å². The number of anilines is 1. The van der Waals surface area contributed by atoms with E-state index in [0.29, 0.717) is 18.7 Å². The average Bonchev–Trinajstić information content (AvgIpc) is 3.32. The Morgan fingerprint density at radius 2 is 1.79 bits per heavy atom. The van der Waals surface area contributed by atoms with E-state index in [1.165, 1.54) is 12.1 Å². The van der Waals surface area contributed by atoms with Gasteiger partial charge in [0.2, 0.25) is 0 Å². The number of ether oxygens (including phenoxy) is 1. The van der Waals surface area contributed by atoms with E-state index >= 15 is 0 Å². The van der Waals surface area contributed by atoms with Crippen LogP contribution in [-0.2, 0) is 19.7 Å². The normalized spacial score (nSPS) is 16.8. The summed E-state index contributed by atoms with van der Waals surface area (Å²) >= 11 is 0. The van der Waals surface area contributed by atoms with Gasteiger partial charge in [0.25, 0.3) is 5.91 Å². The highest BCUT2D eigenvalue weighted by Gasteiger charge is 2.45. The maximum atomic E-state index is 13.3. The summed E-state index contributed by atoms with van der Waals surface area (Å²) in [5.41, 5.74) is -0.0797. The van der Waals surface area contributed by atoms with Gasteiger partial charge in [-0.2, -0.15) is 5.10 Å². The highest BCUT2D eigenvalue weighted by atomic mass is 19.1. The van der Waals surface area contributed by atoms with Crippen LogP contribution in [0, 0.1) is 5.82 Å². The molecule has 1 saturated carbocycles. The molecule has 2 aromatic rings. The van der Waals surface area contributed by atoms with Gasteiger partial charge in [-0.3, -0.25) is 9.59 Å². The molecule has 0 spiro atoms. The third-order valence-corrected chi connectivity index (χ3v) is 5.31. The number of hydrogen-bond donors (Lipinski definition) is 1. The van der Waals surface area contributed by atoms with Crippen molar-refractivity contribution in [3.63, 3.8) is 0 Å². The Bertz CT molecular complexity index is 839. The van der Waals surface area contributed by atoms with E-state index in [2.05, 4.69) is 10.4 Å². The molecule has 0 radical (unpaired) electrons. The summed E-state index contributed by atoms with van der Waals surface area (Å²) in [5.74, 6) is -0.642. The molecule has 0 unspecified atom stereocenters. The zero-order valence-electron chi connectivity index (χ0n) is 16.4. The van der Waals surface area contributed by atoms with Crippen LogP contribution in [0.3, 0.4) is 0 Å². The minimum atomic E-state index is -0.957. The summed E-state index contributed by atoms with van der Waals surface area (Å²) in [6, 6.07) is 7.76. The Morgan fingerprint density at radius 1 is 1.14 bits per heavy atom. The maximum Gasteiger partial charge on any atom is 0.317 e. The number of halogens is 1. The summed E-state index contributed by atoms with van der Waals surface area (Å²) < 4.78 is 20.6. The van der Waals surface area contributed by atoms with Gasteiger partial charge in [-0.1, -0.05) is 25.0 Å². The molecule has 0 saturated heterocycles. The van der Waals surface area contributed by atoms with Crippen LogP contribution in [0.4, 0.5) is 10.2 Å². The van der Waals surface area contributed by atoms with E-state index < -0.39 is 23.4 Å². The number of benzene rings is 1. The van der Waals surface area contributed by atoms with Gasteiger partial charge in [-0.05, 0) is 51.3 Å². The largest absolute Gasteiger partial charge is 0.452 e. The molecule has 3 rings (SSSR count). The topological polar surface area (TPSA) is 73.2 Å². The molecule has 6 nitrogen and oxygen atoms in total. The Balaban J connectivity index is 1.72. The van der Waals surface area contributed by atoms with Gasteiger partial charge < -0.3 is 10.1 Å². The SMILES string of the molecule is CC(C)n1nccc1NC(=O)[C@H](C)OC(=O)C1(c2ccc(F)cc2)CCCC1. The minimum absolute atomic E-state index is 0.0865. The van der Waals surface area contributed by atoms with E-state index in [-0.39, 0.29) is 11.9 Å². The number of hydrogen-bond acceptors (Lipinski definition) is 4. The fraction of sp³-hybridized carbons (Fsp3) is 0.476. The van der Waals surface area contributed by atoms with Crippen molar-refractivity contribution < 1.29 is 18.7 Å². The number of amides is 1. The molecule has 1 N–H and O–H groups in total. The summed E-state index contributed by atoms with van der Waals surface area (Å²) in [7, 11) is 0. The summed E-state index contributed by atoms with van der Waals surface area (Å²) in [6.07, 6.45) is 3.69. The molecule has 28 heavy (non-hydrogen) atoms. The van der Waals surface area contributed by atoms with Gasteiger partial charge in [0, 0.05) is 12.1 Å². The van der Waals surface area contributed by atoms with Crippen molar-refractivity contribution >= 4 is 17.7 Å². The molecule has 0 bridgehead atoms. The van der Waals surface area contributed by atoms with Crippen molar-refractivity contribution in [2.45, 2.75) is 64.0 Å². The zero-order chi connectivity index (χ0) is 20.3. The van der Waals surface area contributed by atoms with Crippen LogP contribution in [0.15, 0.2) is 36.5 Å². The number of nitrogens with zero attached hydrogens (tertiary/aromatic N) is 2. The van der Waals surface area contributed by atoms with E-state index in [4.69, 9.17) is 4.74 Å². The van der Waals surface area contributed by atoms with Gasteiger partial charge in [0.15, 0.2) is 6.10 Å². The second-order valence-electron chi connectivity index (χ2n) is 7.59. The second kappa shape index (κ2) is 8.12. The fourth-order valence-corrected chi connectivity index (χ4v) is 3.74. The standard InChI is InChI=1S/C21H26FN3O3/c1-14(2)25-18(10-13-23-25)24-19(26)15(3)28-20(27)21(11-4-5-12-21)16-6-8-17(22)9-7-16/h6-10,13-15H,4-5,11-12H2,1-3H3,(H,24,26)/t15-/m0/s1. The monoisotopic (exact) mass is 387 g/mol. The predicted molar refractivity (Wildman–Crippen MR) is 103 cm³/mol. The summed E-state index contributed by atoms with van der Waals surface area (Å²) in [4.78, 5) is 25.6. The van der Waals surface area contributed by atoms with Crippen LogP contribution in [0.2, 0.25) is 0 Å². The van der Waals surface area contributed by atoms with Gasteiger partial charge in [0.1, 0.15) is 11.6 Å². The lowest BCUT2D eigenvalue weighted by molar-refractivity contribution is -0.159. The first-order valence-electron chi connectivity index (χ1n) is 9.65. The molecule has 1 heterocycles. The lowest BCUT2D eigenvalue weighted by atomic mass is 9.79. The van der Waals surface area contributed by atoms with E-state index in [1.54, 1.807) is 36.0 Å². The lowest BCUT2D eigenvalue weighted by Gasteiger charge is -2.28. The van der Waals surface area contributed by atoms with Crippen molar-refractivity contribution in [2.75, 3.05) is 5.32 Å². The van der Waals surface area contributed by atoms with Crippen molar-refractivity contribution in [1.29, 1.82) is 0 Å². The van der Waals surface area contributed by atoms with E-state index in [9.17, 15) is 14.0 Å². The molecule has 1 aromatic carbocycles. The Kier molecular flexibility index (Phi) is 5.82. The van der Waals surface area contributed by atoms with Crippen LogP contribution in [-0.4, -0.2) is 27.8 Å². The van der Waals surface area contributed by atoms with E-state index in [0.717, 1.165) is 18.4 Å². The Hall–Kier alpha value is -2.70. The third kappa shape index (κ3) is 3.93. The number of carbonyl (C=O) groups is 2. The molecule has 1 aromatic heterocycles. The van der Waals surface area contributed by atoms with E-state index in [1.807, 2.05) is 13.8 Å². The van der Waals surface area contributed by atoms with Crippen molar-refractivity contribution in [2.24, 2.45) is 0 Å². The zero-order valence-corrected chi connectivity index (χ0v) is 16.4. The Labute approximate surface area is 164 Å². The first-order valence-corrected chi connectivity index (χ1v) is 9.65. The number of nitrogens with one attached hydrogen (secondary N) is 1. The summed E-state index contributed by atoms with van der Waals surface area (Å²) in [5, 5.41) is 6.94. The number of carbonyl (C=O) groups excluding carboxylic acids is 2. The number of esters is 1. The molecule has 1 fully saturated rings. The fourth-order valence-electron chi connectivity index (χ4n) is 3.74. The molecule has 1 aliphatic carbocycles. The summed E-state index contributed by atoms with van der Waals surface area (Å²) in [6.45, 7) is 5.47. The van der Waals surface area contributed by atoms with Crippen molar-refractivity contribution in [3.05, 3.63) is 47.9 Å². The highest BCUT2D eigenvalue weighted by Crippen LogP contribution is 2.42. The van der Waals surface area contributed by atoms with Crippen LogP contribution in [0.25, 0.3) is 0 Å². The quantitative estimate of drug-likeness (QED) is 0.761. The molecule has 1 aliphatic rings. The first kappa shape index (κ1) is 20.0. The number of rotatable bonds is 6. The predicted octanol–water partition coefficient (Wildman–Crippen LogP) is 3.99. The third-order valence-electron chi connectivity index (χ3n) is 5.31. The van der Waals surface area contributed by atoms with Gasteiger partial charge in [-0.25, -0.2) is 9.07 Å². The van der Waals surface area contributed by atoms with Crippen LogP contribution < -0.4 is 5.32 Å². The molecular weight excluding hydrogens is 361 g/mol. The van der Waals surface area contributed by atoms with Crippen molar-refractivity contribution in [1.82, 2.24) is 9.78 Å². The number of aromatic nitrogens is 2. The molecular formula is C21H26FN3O3. The smallest absolute Gasteiger partial charge is 0.317 e. The molecule has 7 heteroatoms. The lowest BCUT2D eigenvalue weighted by Crippen LogP contribution is -2.40. The molecule has 1 atom stereocenters. The molecule has 1 amide bonds. The first-order chi connectivity index (χ1) is 13.3. The average molecular weight is 387 g/mol. The molecule has 0 aliphatic heterocycles. The van der Waals surface area contributed by atoms with Crippen molar-refractivity contribution in [3.8, 4) is 0 Å². The van der Waals surface area contributed by atoms with Gasteiger partial charge in [-0.15, -0.1) is 0 Å². The minimum Gasteiger partial charge on any atom is -0.452 e. The van der Waals surface area contributed by atoms with Gasteiger partial charge >= 0.3 is 5.97 Å².